The molecule has 2 fully saturated rings. The molecule has 1 saturated carbocycles. The summed E-state index contributed by atoms with van der Waals surface area (Å²) < 4.78 is 0. The van der Waals surface area contributed by atoms with E-state index >= 15 is 0 Å². The fourth-order valence-corrected chi connectivity index (χ4v) is 3.00. The lowest BCUT2D eigenvalue weighted by Crippen LogP contribution is -2.57. The third-order valence-electron chi connectivity index (χ3n) is 4.27. The Balaban J connectivity index is 1.94. The number of hydrogen-bond donors (Lipinski definition) is 1. The minimum Gasteiger partial charge on any atom is -0.324 e. The Morgan fingerprint density at radius 2 is 2.07 bits per heavy atom. The topological polar surface area (TPSA) is 29.3 Å². The minimum atomic E-state index is 0.173. The largest absolute Gasteiger partial charge is 0.324 e. The molecule has 14 heavy (non-hydrogen) atoms. The van der Waals surface area contributed by atoms with Crippen LogP contribution in [-0.4, -0.2) is 29.1 Å². The summed E-state index contributed by atoms with van der Waals surface area (Å²) in [6.07, 6.45) is 7.87. The maximum absolute atomic E-state index is 6.32. The van der Waals surface area contributed by atoms with Gasteiger partial charge in [-0.2, -0.15) is 0 Å². The van der Waals surface area contributed by atoms with E-state index < -0.39 is 0 Å². The fourth-order valence-electron chi connectivity index (χ4n) is 3.00. The van der Waals surface area contributed by atoms with Crippen LogP contribution < -0.4 is 5.73 Å². The van der Waals surface area contributed by atoms with E-state index in [2.05, 4.69) is 18.7 Å². The fraction of sp³-hybridized carbons (Fsp3) is 1.00. The van der Waals surface area contributed by atoms with E-state index in [9.17, 15) is 0 Å². The summed E-state index contributed by atoms with van der Waals surface area (Å²) in [7, 11) is 0. The molecule has 2 atom stereocenters. The molecule has 1 aliphatic carbocycles. The van der Waals surface area contributed by atoms with Crippen LogP contribution in [0.5, 0.6) is 0 Å². The van der Waals surface area contributed by atoms with Gasteiger partial charge in [0, 0.05) is 24.2 Å². The zero-order valence-electron chi connectivity index (χ0n) is 9.63. The predicted molar refractivity (Wildman–Crippen MR) is 60.3 cm³/mol. The highest BCUT2D eigenvalue weighted by molar-refractivity contribution is 4.98. The maximum atomic E-state index is 6.32. The summed E-state index contributed by atoms with van der Waals surface area (Å²) in [6.45, 7) is 5.81. The molecule has 0 aromatic carbocycles. The molecular formula is C12H24N2. The molecule has 0 radical (unpaired) electrons. The van der Waals surface area contributed by atoms with Crippen molar-refractivity contribution in [3.63, 3.8) is 0 Å². The number of nitrogens with two attached hydrogens (primary N) is 1. The molecule has 2 unspecified atom stereocenters. The summed E-state index contributed by atoms with van der Waals surface area (Å²) in [5.74, 6) is 0. The van der Waals surface area contributed by atoms with Gasteiger partial charge in [-0.15, -0.1) is 0 Å². The van der Waals surface area contributed by atoms with Crippen molar-refractivity contribution in [2.45, 2.75) is 70.0 Å². The molecular weight excluding hydrogens is 172 g/mol. The van der Waals surface area contributed by atoms with Crippen LogP contribution in [0, 0.1) is 0 Å². The van der Waals surface area contributed by atoms with E-state index in [1.165, 1.54) is 38.5 Å². The van der Waals surface area contributed by atoms with Gasteiger partial charge in [0.2, 0.25) is 0 Å². The highest BCUT2D eigenvalue weighted by Crippen LogP contribution is 2.34. The molecule has 1 heterocycles. The van der Waals surface area contributed by atoms with Crippen molar-refractivity contribution in [1.29, 1.82) is 0 Å². The monoisotopic (exact) mass is 196 g/mol. The average molecular weight is 196 g/mol. The molecule has 0 spiro atoms. The molecule has 2 aliphatic rings. The van der Waals surface area contributed by atoms with E-state index in [1.54, 1.807) is 0 Å². The molecule has 2 nitrogen and oxygen atoms in total. The molecule has 0 aromatic rings. The number of nitrogens with zero attached hydrogens (tertiary/aromatic N) is 1. The lowest BCUT2D eigenvalue weighted by Gasteiger charge is -2.43. The standard InChI is InChI=1S/C12H24N2/c1-3-11-6-5-10(2)14(11)9-12(13)7-4-8-12/h10-11H,3-9,13H2,1-2H3. The van der Waals surface area contributed by atoms with E-state index in [1.807, 2.05) is 0 Å². The summed E-state index contributed by atoms with van der Waals surface area (Å²) >= 11 is 0. The Hall–Kier alpha value is -0.0800. The molecule has 1 saturated heterocycles. The molecule has 82 valence electrons. The van der Waals surface area contributed by atoms with E-state index in [0.29, 0.717) is 0 Å². The summed E-state index contributed by atoms with van der Waals surface area (Å²) in [5.41, 5.74) is 6.49. The van der Waals surface area contributed by atoms with Gasteiger partial charge in [-0.05, 0) is 45.4 Å². The zero-order chi connectivity index (χ0) is 10.2. The SMILES string of the molecule is CCC1CCC(C)N1CC1(N)CCC1. The van der Waals surface area contributed by atoms with E-state index in [0.717, 1.165) is 18.6 Å². The van der Waals surface area contributed by atoms with Crippen molar-refractivity contribution < 1.29 is 0 Å². The first-order valence-corrected chi connectivity index (χ1v) is 6.19. The third kappa shape index (κ3) is 1.82. The van der Waals surface area contributed by atoms with Crippen LogP contribution in [0.1, 0.15) is 52.4 Å². The van der Waals surface area contributed by atoms with Crippen LogP contribution in [0.15, 0.2) is 0 Å². The number of likely N-dealkylation sites (tertiary alicyclic amines) is 1. The molecule has 2 N–H and O–H groups in total. The van der Waals surface area contributed by atoms with Crippen LogP contribution >= 0.6 is 0 Å². The second-order valence-electron chi connectivity index (χ2n) is 5.38. The second-order valence-corrected chi connectivity index (χ2v) is 5.38. The molecule has 1 aliphatic heterocycles. The van der Waals surface area contributed by atoms with Gasteiger partial charge < -0.3 is 5.73 Å². The smallest absolute Gasteiger partial charge is 0.0283 e. The van der Waals surface area contributed by atoms with Crippen molar-refractivity contribution >= 4 is 0 Å². The van der Waals surface area contributed by atoms with Crippen molar-refractivity contribution in [2.24, 2.45) is 5.73 Å². The third-order valence-corrected chi connectivity index (χ3v) is 4.27. The highest BCUT2D eigenvalue weighted by atomic mass is 15.2. The lowest BCUT2D eigenvalue weighted by atomic mass is 9.77. The maximum Gasteiger partial charge on any atom is 0.0283 e. The van der Waals surface area contributed by atoms with Gasteiger partial charge in [0.25, 0.3) is 0 Å². The first kappa shape index (κ1) is 10.4. The van der Waals surface area contributed by atoms with Crippen molar-refractivity contribution in [3.8, 4) is 0 Å². The Bertz CT molecular complexity index is 198. The molecule has 2 rings (SSSR count). The van der Waals surface area contributed by atoms with Gasteiger partial charge in [0.05, 0.1) is 0 Å². The van der Waals surface area contributed by atoms with Gasteiger partial charge in [0.15, 0.2) is 0 Å². The van der Waals surface area contributed by atoms with Crippen LogP contribution in [0.3, 0.4) is 0 Å². The van der Waals surface area contributed by atoms with E-state index in [-0.39, 0.29) is 5.54 Å². The van der Waals surface area contributed by atoms with Gasteiger partial charge in [-0.3, -0.25) is 4.90 Å². The molecule has 0 aromatic heterocycles. The predicted octanol–water partition coefficient (Wildman–Crippen LogP) is 2.13. The summed E-state index contributed by atoms with van der Waals surface area (Å²) in [6, 6.07) is 1.58. The first-order chi connectivity index (χ1) is 6.64. The minimum absolute atomic E-state index is 0.173. The van der Waals surface area contributed by atoms with Crippen LogP contribution in [0.25, 0.3) is 0 Å². The Morgan fingerprint density at radius 1 is 1.36 bits per heavy atom. The first-order valence-electron chi connectivity index (χ1n) is 6.19. The Labute approximate surface area is 87.8 Å². The number of hydrogen-bond acceptors (Lipinski definition) is 2. The van der Waals surface area contributed by atoms with Crippen LogP contribution in [0.2, 0.25) is 0 Å². The quantitative estimate of drug-likeness (QED) is 0.749. The molecule has 0 amide bonds. The van der Waals surface area contributed by atoms with Gasteiger partial charge >= 0.3 is 0 Å². The Morgan fingerprint density at radius 3 is 2.57 bits per heavy atom. The van der Waals surface area contributed by atoms with Gasteiger partial charge in [0.1, 0.15) is 0 Å². The molecule has 2 heteroatoms. The second kappa shape index (κ2) is 3.82. The van der Waals surface area contributed by atoms with Crippen molar-refractivity contribution in [2.75, 3.05) is 6.54 Å². The highest BCUT2D eigenvalue weighted by Gasteiger charge is 2.39. The summed E-state index contributed by atoms with van der Waals surface area (Å²) in [5, 5.41) is 0. The number of rotatable bonds is 3. The van der Waals surface area contributed by atoms with Crippen molar-refractivity contribution in [1.82, 2.24) is 4.90 Å². The van der Waals surface area contributed by atoms with E-state index in [4.69, 9.17) is 5.73 Å². The van der Waals surface area contributed by atoms with Crippen molar-refractivity contribution in [3.05, 3.63) is 0 Å². The normalized spacial score (nSPS) is 37.1. The lowest BCUT2D eigenvalue weighted by molar-refractivity contribution is 0.108. The van der Waals surface area contributed by atoms with Crippen LogP contribution in [0.4, 0.5) is 0 Å². The average Bonchev–Trinajstić information content (AvgIpc) is 2.45. The molecule has 0 bridgehead atoms. The Kier molecular flexibility index (Phi) is 2.85. The van der Waals surface area contributed by atoms with Gasteiger partial charge in [-0.25, -0.2) is 0 Å². The van der Waals surface area contributed by atoms with Crippen LogP contribution in [-0.2, 0) is 0 Å². The van der Waals surface area contributed by atoms with Gasteiger partial charge in [-0.1, -0.05) is 6.92 Å². The zero-order valence-corrected chi connectivity index (χ0v) is 9.63. The summed E-state index contributed by atoms with van der Waals surface area (Å²) in [4.78, 5) is 2.67.